The molecule has 0 aliphatic rings. The molecule has 0 aromatic carbocycles. The lowest BCUT2D eigenvalue weighted by molar-refractivity contribution is 0.283. The molecular weight excluding hydrogens is 122 g/mol. The molecule has 1 rings (SSSR count). The van der Waals surface area contributed by atoms with Gasteiger partial charge in [-0.15, -0.1) is 11.3 Å². The second-order valence-corrected chi connectivity index (χ2v) is 2.25. The van der Waals surface area contributed by atoms with E-state index < -0.39 is 0 Å². The third-order valence-corrected chi connectivity index (χ3v) is 1.76. The standard InChI is InChI=1S/C5H7NOS/c6-5-3-8-2-4(5)1-7/h2-3,7H,1,6H2. The van der Waals surface area contributed by atoms with Crippen molar-refractivity contribution in [3.05, 3.63) is 16.3 Å². The lowest BCUT2D eigenvalue weighted by atomic mass is 10.3. The summed E-state index contributed by atoms with van der Waals surface area (Å²) in [5.74, 6) is 0. The summed E-state index contributed by atoms with van der Waals surface area (Å²) in [6.07, 6.45) is 0. The zero-order valence-electron chi connectivity index (χ0n) is 4.29. The normalized spacial score (nSPS) is 9.62. The first-order valence-corrected chi connectivity index (χ1v) is 3.20. The minimum absolute atomic E-state index is 0.0509. The maximum absolute atomic E-state index is 8.53. The van der Waals surface area contributed by atoms with Gasteiger partial charge >= 0.3 is 0 Å². The van der Waals surface area contributed by atoms with Crippen molar-refractivity contribution in [3.63, 3.8) is 0 Å². The van der Waals surface area contributed by atoms with E-state index >= 15 is 0 Å². The summed E-state index contributed by atoms with van der Waals surface area (Å²) in [6, 6.07) is 0. The first kappa shape index (κ1) is 5.59. The Morgan fingerprint density at radius 1 is 1.62 bits per heavy atom. The second kappa shape index (κ2) is 2.15. The van der Waals surface area contributed by atoms with Crippen LogP contribution in [-0.2, 0) is 6.61 Å². The Morgan fingerprint density at radius 3 is 2.62 bits per heavy atom. The molecule has 0 amide bonds. The van der Waals surface area contributed by atoms with Gasteiger partial charge in [-0.3, -0.25) is 0 Å². The van der Waals surface area contributed by atoms with Gasteiger partial charge in [0.1, 0.15) is 0 Å². The molecule has 0 spiro atoms. The van der Waals surface area contributed by atoms with E-state index in [0.29, 0.717) is 5.69 Å². The van der Waals surface area contributed by atoms with Crippen molar-refractivity contribution < 1.29 is 5.11 Å². The Morgan fingerprint density at radius 2 is 2.38 bits per heavy atom. The zero-order valence-corrected chi connectivity index (χ0v) is 5.11. The fourth-order valence-corrected chi connectivity index (χ4v) is 1.20. The van der Waals surface area contributed by atoms with E-state index in [9.17, 15) is 0 Å². The number of rotatable bonds is 1. The maximum Gasteiger partial charge on any atom is 0.0710 e. The predicted octanol–water partition coefficient (Wildman–Crippen LogP) is 0.823. The van der Waals surface area contributed by atoms with Gasteiger partial charge in [0.2, 0.25) is 0 Å². The molecule has 44 valence electrons. The lowest BCUT2D eigenvalue weighted by Gasteiger charge is -1.88. The van der Waals surface area contributed by atoms with Crippen molar-refractivity contribution >= 4 is 17.0 Å². The van der Waals surface area contributed by atoms with Crippen LogP contribution in [0.3, 0.4) is 0 Å². The van der Waals surface area contributed by atoms with Crippen LogP contribution < -0.4 is 5.73 Å². The molecule has 0 atom stereocenters. The molecule has 0 saturated heterocycles. The van der Waals surface area contributed by atoms with Gasteiger partial charge in [0.05, 0.1) is 6.61 Å². The molecule has 0 aliphatic carbocycles. The molecule has 0 aliphatic heterocycles. The van der Waals surface area contributed by atoms with Gasteiger partial charge in [-0.05, 0) is 5.38 Å². The highest BCUT2D eigenvalue weighted by Gasteiger charge is 1.94. The van der Waals surface area contributed by atoms with Crippen LogP contribution in [0.4, 0.5) is 5.69 Å². The Kier molecular flexibility index (Phi) is 1.50. The first-order chi connectivity index (χ1) is 3.84. The summed E-state index contributed by atoms with van der Waals surface area (Å²) in [4.78, 5) is 0. The predicted molar refractivity (Wildman–Crippen MR) is 34.7 cm³/mol. The van der Waals surface area contributed by atoms with Gasteiger partial charge < -0.3 is 10.8 Å². The number of hydrogen-bond acceptors (Lipinski definition) is 3. The lowest BCUT2D eigenvalue weighted by Crippen LogP contribution is -1.87. The van der Waals surface area contributed by atoms with E-state index in [1.807, 2.05) is 10.8 Å². The van der Waals surface area contributed by atoms with Gasteiger partial charge in [-0.1, -0.05) is 0 Å². The summed E-state index contributed by atoms with van der Waals surface area (Å²) < 4.78 is 0. The van der Waals surface area contributed by atoms with E-state index in [4.69, 9.17) is 10.8 Å². The number of thiophene rings is 1. The van der Waals surface area contributed by atoms with Crippen LogP contribution >= 0.6 is 11.3 Å². The van der Waals surface area contributed by atoms with Crippen molar-refractivity contribution in [3.8, 4) is 0 Å². The van der Waals surface area contributed by atoms with Crippen molar-refractivity contribution in [1.29, 1.82) is 0 Å². The number of nitrogens with two attached hydrogens (primary N) is 1. The van der Waals surface area contributed by atoms with E-state index in [0.717, 1.165) is 5.56 Å². The summed E-state index contributed by atoms with van der Waals surface area (Å²) in [5, 5.41) is 12.2. The van der Waals surface area contributed by atoms with Crippen LogP contribution in [0, 0.1) is 0 Å². The molecule has 3 N–H and O–H groups in total. The minimum Gasteiger partial charge on any atom is -0.398 e. The average Bonchev–Trinajstić information content (AvgIpc) is 2.14. The molecule has 0 radical (unpaired) electrons. The number of aliphatic hydroxyl groups excluding tert-OH is 1. The molecule has 3 heteroatoms. The second-order valence-electron chi connectivity index (χ2n) is 1.51. The monoisotopic (exact) mass is 129 g/mol. The molecule has 0 fully saturated rings. The summed E-state index contributed by atoms with van der Waals surface area (Å²) in [7, 11) is 0. The number of aliphatic hydroxyl groups is 1. The maximum atomic E-state index is 8.53. The number of hydrogen-bond donors (Lipinski definition) is 2. The highest BCUT2D eigenvalue weighted by atomic mass is 32.1. The smallest absolute Gasteiger partial charge is 0.0710 e. The molecule has 8 heavy (non-hydrogen) atoms. The van der Waals surface area contributed by atoms with Crippen LogP contribution in [-0.4, -0.2) is 5.11 Å². The van der Waals surface area contributed by atoms with Crippen LogP contribution in [0.15, 0.2) is 10.8 Å². The number of nitrogen functional groups attached to an aromatic ring is 1. The fraction of sp³-hybridized carbons (Fsp3) is 0.200. The summed E-state index contributed by atoms with van der Waals surface area (Å²) in [5.41, 5.74) is 6.92. The quantitative estimate of drug-likeness (QED) is 0.589. The van der Waals surface area contributed by atoms with E-state index in [1.54, 1.807) is 0 Å². The molecule has 0 unspecified atom stereocenters. The summed E-state index contributed by atoms with van der Waals surface area (Å²) in [6.45, 7) is 0.0509. The van der Waals surface area contributed by atoms with Gasteiger partial charge in [0.25, 0.3) is 0 Å². The van der Waals surface area contributed by atoms with Crippen LogP contribution in [0.2, 0.25) is 0 Å². The molecule has 1 aromatic heterocycles. The highest BCUT2D eigenvalue weighted by Crippen LogP contribution is 2.15. The third-order valence-electron chi connectivity index (χ3n) is 0.946. The molecular formula is C5H7NOS. The topological polar surface area (TPSA) is 46.2 Å². The summed E-state index contributed by atoms with van der Waals surface area (Å²) >= 11 is 1.51. The fourth-order valence-electron chi connectivity index (χ4n) is 0.462. The molecule has 0 bridgehead atoms. The Hall–Kier alpha value is -0.540. The minimum atomic E-state index is 0.0509. The Labute approximate surface area is 51.6 Å². The van der Waals surface area contributed by atoms with Gasteiger partial charge in [-0.2, -0.15) is 0 Å². The van der Waals surface area contributed by atoms with Crippen molar-refractivity contribution in [1.82, 2.24) is 0 Å². The van der Waals surface area contributed by atoms with Crippen LogP contribution in [0.5, 0.6) is 0 Å². The first-order valence-electron chi connectivity index (χ1n) is 2.26. The zero-order chi connectivity index (χ0) is 5.98. The largest absolute Gasteiger partial charge is 0.398 e. The molecule has 1 aromatic rings. The van der Waals surface area contributed by atoms with Gasteiger partial charge in [0.15, 0.2) is 0 Å². The molecule has 0 saturated carbocycles. The molecule has 1 heterocycles. The van der Waals surface area contributed by atoms with Gasteiger partial charge in [-0.25, -0.2) is 0 Å². The number of anilines is 1. The van der Waals surface area contributed by atoms with Crippen LogP contribution in [0.25, 0.3) is 0 Å². The van der Waals surface area contributed by atoms with Crippen molar-refractivity contribution in [2.45, 2.75) is 6.61 Å². The van der Waals surface area contributed by atoms with Gasteiger partial charge in [0, 0.05) is 16.6 Å². The Balaban J connectivity index is 2.92. The van der Waals surface area contributed by atoms with E-state index in [-0.39, 0.29) is 6.61 Å². The van der Waals surface area contributed by atoms with E-state index in [2.05, 4.69) is 0 Å². The Bertz CT molecular complexity index is 173. The van der Waals surface area contributed by atoms with Crippen LogP contribution in [0.1, 0.15) is 5.56 Å². The SMILES string of the molecule is Nc1cscc1CO. The van der Waals surface area contributed by atoms with Crippen molar-refractivity contribution in [2.75, 3.05) is 5.73 Å². The third kappa shape index (κ3) is 0.827. The van der Waals surface area contributed by atoms with E-state index in [1.165, 1.54) is 11.3 Å². The molecule has 2 nitrogen and oxygen atoms in total. The van der Waals surface area contributed by atoms with Crippen molar-refractivity contribution in [2.24, 2.45) is 0 Å². The average molecular weight is 129 g/mol. The highest BCUT2D eigenvalue weighted by molar-refractivity contribution is 7.08.